The van der Waals surface area contributed by atoms with Crippen LogP contribution in [0.25, 0.3) is 0 Å². The molecule has 2 aromatic carbocycles. The Morgan fingerprint density at radius 3 is 2.00 bits per heavy atom. The zero-order chi connectivity index (χ0) is 26.6. The molecule has 0 aliphatic rings. The molecule has 7 heteroatoms. The monoisotopic (exact) mass is 515 g/mol. The van der Waals surface area contributed by atoms with Crippen LogP contribution in [0.2, 0.25) is 0 Å². The third-order valence-electron chi connectivity index (χ3n) is 5.49. The molecule has 36 heavy (non-hydrogen) atoms. The van der Waals surface area contributed by atoms with E-state index in [4.69, 9.17) is 25.8 Å². The number of alkyl halides is 1. The van der Waals surface area contributed by atoms with Crippen molar-refractivity contribution in [1.82, 2.24) is 5.32 Å². The SMILES string of the molecule is CC(C)(C)OC(=O)NC(CC(C)(C)C(=CCOCc1ccccc1)CCl)C(=O)OCc1ccccc1. The lowest BCUT2D eigenvalue weighted by Gasteiger charge is -2.31. The summed E-state index contributed by atoms with van der Waals surface area (Å²) in [5.74, 6) is -0.271. The van der Waals surface area contributed by atoms with Gasteiger partial charge in [-0.05, 0) is 43.7 Å². The van der Waals surface area contributed by atoms with Gasteiger partial charge in [-0.3, -0.25) is 0 Å². The van der Waals surface area contributed by atoms with Crippen LogP contribution >= 0.6 is 11.6 Å². The average Bonchev–Trinajstić information content (AvgIpc) is 2.82. The van der Waals surface area contributed by atoms with Gasteiger partial charge in [0.15, 0.2) is 0 Å². The van der Waals surface area contributed by atoms with E-state index >= 15 is 0 Å². The number of esters is 1. The van der Waals surface area contributed by atoms with Crippen molar-refractivity contribution in [2.45, 2.75) is 65.9 Å². The number of hydrogen-bond donors (Lipinski definition) is 1. The highest BCUT2D eigenvalue weighted by Gasteiger charge is 2.33. The van der Waals surface area contributed by atoms with Gasteiger partial charge in [-0.2, -0.15) is 0 Å². The molecule has 0 saturated heterocycles. The summed E-state index contributed by atoms with van der Waals surface area (Å²) in [6, 6.07) is 18.4. The van der Waals surface area contributed by atoms with Crippen LogP contribution in [0.3, 0.4) is 0 Å². The minimum Gasteiger partial charge on any atom is -0.459 e. The lowest BCUT2D eigenvalue weighted by molar-refractivity contribution is -0.148. The lowest BCUT2D eigenvalue weighted by atomic mass is 9.79. The maximum Gasteiger partial charge on any atom is 0.408 e. The molecule has 1 N–H and O–H groups in total. The third kappa shape index (κ3) is 10.8. The molecule has 0 bridgehead atoms. The first-order valence-corrected chi connectivity index (χ1v) is 12.6. The van der Waals surface area contributed by atoms with E-state index in [1.54, 1.807) is 20.8 Å². The van der Waals surface area contributed by atoms with E-state index in [9.17, 15) is 9.59 Å². The molecular weight excluding hydrogens is 478 g/mol. The minimum atomic E-state index is -0.921. The van der Waals surface area contributed by atoms with E-state index in [0.29, 0.717) is 13.2 Å². The quantitative estimate of drug-likeness (QED) is 0.153. The normalized spacial score (nSPS) is 13.1. The van der Waals surface area contributed by atoms with Crippen molar-refractivity contribution in [1.29, 1.82) is 0 Å². The molecule has 196 valence electrons. The summed E-state index contributed by atoms with van der Waals surface area (Å²) in [5.41, 5.74) is 1.63. The summed E-state index contributed by atoms with van der Waals surface area (Å²) in [5, 5.41) is 2.70. The van der Waals surface area contributed by atoms with E-state index in [1.807, 2.05) is 80.6 Å². The fourth-order valence-electron chi connectivity index (χ4n) is 3.54. The second-order valence-electron chi connectivity index (χ2n) is 10.2. The lowest BCUT2D eigenvalue weighted by Crippen LogP contribution is -2.46. The summed E-state index contributed by atoms with van der Waals surface area (Å²) in [7, 11) is 0. The van der Waals surface area contributed by atoms with Gasteiger partial charge in [0.2, 0.25) is 0 Å². The molecule has 0 radical (unpaired) electrons. The number of hydrogen-bond acceptors (Lipinski definition) is 5. The van der Waals surface area contributed by atoms with Gasteiger partial charge >= 0.3 is 12.1 Å². The molecular formula is C29H38ClNO5. The largest absolute Gasteiger partial charge is 0.459 e. The van der Waals surface area contributed by atoms with Crippen LogP contribution in [0.5, 0.6) is 0 Å². The first kappa shape index (κ1) is 29.4. The number of ether oxygens (including phenoxy) is 3. The molecule has 0 spiro atoms. The van der Waals surface area contributed by atoms with E-state index < -0.39 is 29.1 Å². The first-order valence-electron chi connectivity index (χ1n) is 12.1. The molecule has 2 rings (SSSR count). The van der Waals surface area contributed by atoms with Gasteiger partial charge in [0, 0.05) is 5.88 Å². The molecule has 0 aromatic heterocycles. The Morgan fingerprint density at radius 1 is 0.917 bits per heavy atom. The number of benzene rings is 2. The first-order chi connectivity index (χ1) is 17.0. The fourth-order valence-corrected chi connectivity index (χ4v) is 4.01. The number of halogens is 1. The highest BCUT2D eigenvalue weighted by molar-refractivity contribution is 6.19. The summed E-state index contributed by atoms with van der Waals surface area (Å²) in [6.07, 6.45) is 1.54. The van der Waals surface area contributed by atoms with Crippen LogP contribution in [-0.4, -0.2) is 36.2 Å². The van der Waals surface area contributed by atoms with Crippen LogP contribution in [0.1, 0.15) is 52.2 Å². The zero-order valence-electron chi connectivity index (χ0n) is 21.9. The Kier molecular flexibility index (Phi) is 11.5. The van der Waals surface area contributed by atoms with Gasteiger partial charge < -0.3 is 19.5 Å². The predicted octanol–water partition coefficient (Wildman–Crippen LogP) is 6.42. The molecule has 1 atom stereocenters. The van der Waals surface area contributed by atoms with Crippen molar-refractivity contribution in [3.05, 3.63) is 83.4 Å². The second kappa shape index (κ2) is 14.0. The van der Waals surface area contributed by atoms with Crippen LogP contribution in [-0.2, 0) is 32.2 Å². The second-order valence-corrected chi connectivity index (χ2v) is 10.5. The van der Waals surface area contributed by atoms with Gasteiger partial charge in [0.1, 0.15) is 18.2 Å². The number of alkyl carbamates (subject to hydrolysis) is 1. The molecule has 0 aliphatic heterocycles. The van der Waals surface area contributed by atoms with Crippen molar-refractivity contribution >= 4 is 23.7 Å². The number of nitrogens with one attached hydrogen (secondary N) is 1. The Bertz CT molecular complexity index is 984. The van der Waals surface area contributed by atoms with Crippen LogP contribution in [0.15, 0.2) is 72.3 Å². The van der Waals surface area contributed by atoms with Crippen LogP contribution in [0, 0.1) is 5.41 Å². The van der Waals surface area contributed by atoms with Crippen molar-refractivity contribution in [3.63, 3.8) is 0 Å². The highest BCUT2D eigenvalue weighted by Crippen LogP contribution is 2.33. The van der Waals surface area contributed by atoms with Gasteiger partial charge in [-0.25, -0.2) is 9.59 Å². The average molecular weight is 516 g/mol. The minimum absolute atomic E-state index is 0.109. The van der Waals surface area contributed by atoms with Gasteiger partial charge in [-0.15, -0.1) is 11.6 Å². The highest BCUT2D eigenvalue weighted by atomic mass is 35.5. The Labute approximate surface area is 220 Å². The molecule has 2 aromatic rings. The standard InChI is InChI=1S/C29H38ClNO5/c1-28(2,3)36-27(33)31-25(26(32)35-21-23-14-10-7-11-15-23)18-29(4,5)24(19-30)16-17-34-20-22-12-8-6-9-13-22/h6-16,25H,17-21H2,1-5H3,(H,31,33). The number of allylic oxidation sites excluding steroid dienone is 1. The molecule has 0 saturated carbocycles. The molecule has 6 nitrogen and oxygen atoms in total. The van der Waals surface area contributed by atoms with Crippen molar-refractivity contribution < 1.29 is 23.8 Å². The Balaban J connectivity index is 2.08. The van der Waals surface area contributed by atoms with Crippen molar-refractivity contribution in [2.24, 2.45) is 5.41 Å². The number of carbonyl (C=O) groups is 2. The Morgan fingerprint density at radius 2 is 1.47 bits per heavy atom. The van der Waals surface area contributed by atoms with E-state index in [1.165, 1.54) is 0 Å². The molecule has 0 heterocycles. The van der Waals surface area contributed by atoms with Gasteiger partial charge in [0.05, 0.1) is 13.2 Å². The summed E-state index contributed by atoms with van der Waals surface area (Å²) < 4.78 is 16.7. The van der Waals surface area contributed by atoms with Gasteiger partial charge in [0.25, 0.3) is 0 Å². The van der Waals surface area contributed by atoms with Crippen LogP contribution < -0.4 is 5.32 Å². The smallest absolute Gasteiger partial charge is 0.408 e. The summed E-state index contributed by atoms with van der Waals surface area (Å²) in [6.45, 7) is 10.2. The number of amides is 1. The topological polar surface area (TPSA) is 73.9 Å². The molecule has 0 aliphatic carbocycles. The molecule has 0 fully saturated rings. The van der Waals surface area contributed by atoms with Crippen molar-refractivity contribution in [2.75, 3.05) is 12.5 Å². The summed E-state index contributed by atoms with van der Waals surface area (Å²) >= 11 is 6.29. The van der Waals surface area contributed by atoms with Gasteiger partial charge in [-0.1, -0.05) is 86.2 Å². The van der Waals surface area contributed by atoms with E-state index in [0.717, 1.165) is 16.7 Å². The fraction of sp³-hybridized carbons (Fsp3) is 0.448. The molecule has 1 amide bonds. The number of rotatable bonds is 12. The summed E-state index contributed by atoms with van der Waals surface area (Å²) in [4.78, 5) is 25.6. The maximum atomic E-state index is 13.1. The maximum absolute atomic E-state index is 13.1. The van der Waals surface area contributed by atoms with Crippen LogP contribution in [0.4, 0.5) is 4.79 Å². The molecule has 1 unspecified atom stereocenters. The Hall–Kier alpha value is -2.83. The van der Waals surface area contributed by atoms with Crippen molar-refractivity contribution in [3.8, 4) is 0 Å². The predicted molar refractivity (Wildman–Crippen MR) is 143 cm³/mol. The third-order valence-corrected chi connectivity index (χ3v) is 5.77. The van der Waals surface area contributed by atoms with E-state index in [2.05, 4.69) is 5.32 Å². The van der Waals surface area contributed by atoms with E-state index in [-0.39, 0.29) is 18.9 Å². The zero-order valence-corrected chi connectivity index (χ0v) is 22.6. The number of carbonyl (C=O) groups excluding carboxylic acids is 2.